The first-order valence-electron chi connectivity index (χ1n) is 9.64. The molecule has 0 radical (unpaired) electrons. The molecule has 1 fully saturated rings. The Morgan fingerprint density at radius 3 is 2.81 bits per heavy atom. The highest BCUT2D eigenvalue weighted by molar-refractivity contribution is 5.81. The Hall–Kier alpha value is -2.47. The molecule has 1 saturated heterocycles. The quantitative estimate of drug-likeness (QED) is 0.762. The molecule has 1 aromatic carbocycles. The molecule has 0 saturated carbocycles. The fourth-order valence-electron chi connectivity index (χ4n) is 4.19. The van der Waals surface area contributed by atoms with E-state index >= 15 is 0 Å². The van der Waals surface area contributed by atoms with E-state index < -0.39 is 0 Å². The van der Waals surface area contributed by atoms with E-state index in [9.17, 15) is 9.59 Å². The molecule has 0 N–H and O–H groups in total. The topological polar surface area (TPSA) is 64.4 Å². The number of aromatic nitrogens is 2. The van der Waals surface area contributed by atoms with Crippen LogP contribution in [0.5, 0.6) is 0 Å². The summed E-state index contributed by atoms with van der Waals surface area (Å²) in [6.45, 7) is 1.60. The molecule has 1 amide bonds. The summed E-state index contributed by atoms with van der Waals surface area (Å²) in [6.07, 6.45) is 7.55. The lowest BCUT2D eigenvalue weighted by Gasteiger charge is -2.28. The molecule has 2 aromatic rings. The fraction of sp³-hybridized carbons (Fsp3) is 0.476. The Kier molecular flexibility index (Phi) is 5.07. The predicted molar refractivity (Wildman–Crippen MR) is 103 cm³/mol. The minimum absolute atomic E-state index is 0.0326. The summed E-state index contributed by atoms with van der Waals surface area (Å²) < 4.78 is 6.91. The van der Waals surface area contributed by atoms with Crippen LogP contribution in [0.4, 0.5) is 0 Å². The predicted octanol–water partition coefficient (Wildman–Crippen LogP) is 2.67. The van der Waals surface area contributed by atoms with E-state index in [0.29, 0.717) is 29.9 Å². The normalized spacial score (nSPS) is 20.0. The number of para-hydroxylation sites is 1. The largest absolute Gasteiger partial charge is 0.383 e. The van der Waals surface area contributed by atoms with Gasteiger partial charge in [-0.05, 0) is 37.8 Å². The summed E-state index contributed by atoms with van der Waals surface area (Å²) in [6, 6.07) is 7.26. The summed E-state index contributed by atoms with van der Waals surface area (Å²) in [4.78, 5) is 32.9. The van der Waals surface area contributed by atoms with Crippen molar-refractivity contribution in [1.82, 2.24) is 14.5 Å². The molecule has 1 unspecified atom stereocenters. The third-order valence-corrected chi connectivity index (χ3v) is 5.60. The van der Waals surface area contributed by atoms with Crippen molar-refractivity contribution in [1.29, 1.82) is 0 Å². The number of hydrogen-bond donors (Lipinski definition) is 0. The van der Waals surface area contributed by atoms with E-state index in [-0.39, 0.29) is 23.4 Å². The number of nitrogens with zero attached hydrogens (tertiary/aromatic N) is 3. The maximum Gasteiger partial charge on any atom is 0.261 e. The molecule has 2 heterocycles. The van der Waals surface area contributed by atoms with Crippen LogP contribution in [-0.4, -0.2) is 40.6 Å². The number of fused-ring (bicyclic) bond motifs is 1. The molecule has 1 aliphatic carbocycles. The van der Waals surface area contributed by atoms with Crippen molar-refractivity contribution in [3.8, 4) is 0 Å². The number of rotatable bonds is 5. The molecule has 2 aliphatic rings. The number of ether oxygens (including phenoxy) is 1. The van der Waals surface area contributed by atoms with Gasteiger partial charge >= 0.3 is 0 Å². The van der Waals surface area contributed by atoms with Crippen molar-refractivity contribution in [3.63, 3.8) is 0 Å². The Balaban J connectivity index is 1.76. The van der Waals surface area contributed by atoms with Crippen molar-refractivity contribution in [2.75, 3.05) is 20.3 Å². The second-order valence-electron chi connectivity index (χ2n) is 7.27. The molecule has 0 spiro atoms. The summed E-state index contributed by atoms with van der Waals surface area (Å²) in [5, 5.41) is 0.605. The fourth-order valence-corrected chi connectivity index (χ4v) is 4.19. The Bertz CT molecular complexity index is 926. The number of benzene rings is 1. The lowest BCUT2D eigenvalue weighted by atomic mass is 10.0. The number of allylic oxidation sites excluding steroid dienone is 2. The van der Waals surface area contributed by atoms with Crippen molar-refractivity contribution in [3.05, 3.63) is 52.6 Å². The Labute approximate surface area is 158 Å². The average Bonchev–Trinajstić information content (AvgIpc) is 3.38. The summed E-state index contributed by atoms with van der Waals surface area (Å²) in [7, 11) is 1.62. The van der Waals surface area contributed by atoms with Gasteiger partial charge in [-0.2, -0.15) is 0 Å². The van der Waals surface area contributed by atoms with Crippen molar-refractivity contribution >= 4 is 16.8 Å². The zero-order valence-electron chi connectivity index (χ0n) is 15.6. The summed E-state index contributed by atoms with van der Waals surface area (Å²) in [5.41, 5.74) is 0.627. The number of amides is 1. The van der Waals surface area contributed by atoms with Crippen LogP contribution < -0.4 is 5.56 Å². The van der Waals surface area contributed by atoms with Gasteiger partial charge in [0, 0.05) is 19.6 Å². The minimum atomic E-state index is -0.146. The van der Waals surface area contributed by atoms with Crippen LogP contribution in [0.2, 0.25) is 0 Å². The molecular weight excluding hydrogens is 342 g/mol. The van der Waals surface area contributed by atoms with E-state index in [1.165, 1.54) is 0 Å². The molecule has 6 nitrogen and oxygen atoms in total. The van der Waals surface area contributed by atoms with Gasteiger partial charge in [0.05, 0.1) is 30.1 Å². The SMILES string of the molecule is COCCn1c(C2CCCN2C(=O)C2CC=CC2)nc2ccccc2c1=O. The smallest absolute Gasteiger partial charge is 0.261 e. The zero-order valence-corrected chi connectivity index (χ0v) is 15.6. The van der Waals surface area contributed by atoms with Gasteiger partial charge < -0.3 is 9.64 Å². The Morgan fingerprint density at radius 1 is 1.26 bits per heavy atom. The molecule has 142 valence electrons. The van der Waals surface area contributed by atoms with E-state index in [1.807, 2.05) is 23.1 Å². The number of likely N-dealkylation sites (tertiary alicyclic amines) is 1. The molecule has 0 bridgehead atoms. The van der Waals surface area contributed by atoms with Gasteiger partial charge in [0.25, 0.3) is 5.56 Å². The summed E-state index contributed by atoms with van der Waals surface area (Å²) >= 11 is 0. The van der Waals surface area contributed by atoms with Gasteiger partial charge in [-0.1, -0.05) is 24.3 Å². The van der Waals surface area contributed by atoms with Gasteiger partial charge in [-0.15, -0.1) is 0 Å². The Morgan fingerprint density at radius 2 is 2.04 bits per heavy atom. The third-order valence-electron chi connectivity index (χ3n) is 5.60. The standard InChI is InChI=1S/C21H25N3O3/c1-27-14-13-24-19(22-17-10-5-4-9-16(17)21(24)26)18-11-6-12-23(18)20(25)15-7-2-3-8-15/h2-5,9-10,15,18H,6-8,11-14H2,1H3. The molecule has 27 heavy (non-hydrogen) atoms. The van der Waals surface area contributed by atoms with Crippen LogP contribution in [-0.2, 0) is 16.1 Å². The van der Waals surface area contributed by atoms with E-state index in [0.717, 1.165) is 32.2 Å². The number of hydrogen-bond acceptors (Lipinski definition) is 4. The molecule has 1 atom stereocenters. The highest BCUT2D eigenvalue weighted by Crippen LogP contribution is 2.34. The number of carbonyl (C=O) groups is 1. The lowest BCUT2D eigenvalue weighted by molar-refractivity contribution is -0.136. The average molecular weight is 367 g/mol. The number of carbonyl (C=O) groups excluding carboxylic acids is 1. The van der Waals surface area contributed by atoms with Crippen molar-refractivity contribution in [2.45, 2.75) is 38.3 Å². The second kappa shape index (κ2) is 7.64. The van der Waals surface area contributed by atoms with Crippen LogP contribution in [0.3, 0.4) is 0 Å². The monoisotopic (exact) mass is 367 g/mol. The molecule has 4 rings (SSSR count). The molecular formula is C21H25N3O3. The molecule has 1 aromatic heterocycles. The van der Waals surface area contributed by atoms with Crippen LogP contribution in [0, 0.1) is 5.92 Å². The van der Waals surface area contributed by atoms with E-state index in [1.54, 1.807) is 17.7 Å². The molecule has 1 aliphatic heterocycles. The van der Waals surface area contributed by atoms with Crippen molar-refractivity contribution in [2.24, 2.45) is 5.92 Å². The van der Waals surface area contributed by atoms with Gasteiger partial charge in [-0.3, -0.25) is 14.2 Å². The maximum absolute atomic E-state index is 13.1. The number of methoxy groups -OCH3 is 1. The summed E-state index contributed by atoms with van der Waals surface area (Å²) in [5.74, 6) is 0.904. The van der Waals surface area contributed by atoms with E-state index in [4.69, 9.17) is 9.72 Å². The second-order valence-corrected chi connectivity index (χ2v) is 7.27. The highest BCUT2D eigenvalue weighted by Gasteiger charge is 2.36. The van der Waals surface area contributed by atoms with Gasteiger partial charge in [0.15, 0.2) is 0 Å². The lowest BCUT2D eigenvalue weighted by Crippen LogP contribution is -2.38. The van der Waals surface area contributed by atoms with Crippen LogP contribution >= 0.6 is 0 Å². The molecule has 6 heteroatoms. The van der Waals surface area contributed by atoms with Gasteiger partial charge in [0.1, 0.15) is 5.82 Å². The van der Waals surface area contributed by atoms with Crippen molar-refractivity contribution < 1.29 is 9.53 Å². The van der Waals surface area contributed by atoms with E-state index in [2.05, 4.69) is 12.2 Å². The van der Waals surface area contributed by atoms with Crippen LogP contribution in [0.25, 0.3) is 10.9 Å². The van der Waals surface area contributed by atoms with Gasteiger partial charge in [-0.25, -0.2) is 4.98 Å². The van der Waals surface area contributed by atoms with Gasteiger partial charge in [0.2, 0.25) is 5.91 Å². The van der Waals surface area contributed by atoms with Crippen LogP contribution in [0.15, 0.2) is 41.2 Å². The van der Waals surface area contributed by atoms with Crippen LogP contribution in [0.1, 0.15) is 37.5 Å². The first-order chi connectivity index (χ1) is 13.2. The zero-order chi connectivity index (χ0) is 18.8. The highest BCUT2D eigenvalue weighted by atomic mass is 16.5. The third kappa shape index (κ3) is 3.30. The minimum Gasteiger partial charge on any atom is -0.383 e. The first kappa shape index (κ1) is 17.9. The first-order valence-corrected chi connectivity index (χ1v) is 9.64. The maximum atomic E-state index is 13.1.